The zero-order valence-electron chi connectivity index (χ0n) is 32.4. The van der Waals surface area contributed by atoms with Crippen LogP contribution in [-0.4, -0.2) is 10.3 Å². The molecule has 4 N–H and O–H groups in total. The molecule has 4 heteroatoms. The number of hydrogen-bond donors (Lipinski definition) is 3. The van der Waals surface area contributed by atoms with Crippen molar-refractivity contribution in [2.75, 3.05) is 11.1 Å². The molecule has 0 aliphatic carbocycles. The summed E-state index contributed by atoms with van der Waals surface area (Å²) in [5.74, 6) is 0. The van der Waals surface area contributed by atoms with Crippen LogP contribution in [-0.2, 0) is 0 Å². The first kappa shape index (κ1) is 37.9. The third kappa shape index (κ3) is 8.17. The summed E-state index contributed by atoms with van der Waals surface area (Å²) in [4.78, 5) is 0. The van der Waals surface area contributed by atoms with Crippen LogP contribution in [0.15, 0.2) is 201 Å². The Kier molecular flexibility index (Phi) is 11.5. The van der Waals surface area contributed by atoms with E-state index >= 15 is 0 Å². The summed E-state index contributed by atoms with van der Waals surface area (Å²) in [7, 11) is 0. The van der Waals surface area contributed by atoms with Gasteiger partial charge in [-0.05, 0) is 102 Å². The van der Waals surface area contributed by atoms with Gasteiger partial charge in [0.2, 0.25) is 0 Å². The van der Waals surface area contributed by atoms with Crippen LogP contribution in [0.3, 0.4) is 0 Å². The molecule has 1 heterocycles. The first-order chi connectivity index (χ1) is 27.9. The number of benzene rings is 7. The van der Waals surface area contributed by atoms with Crippen molar-refractivity contribution in [2.24, 2.45) is 0 Å². The number of rotatable bonds is 10. The lowest BCUT2D eigenvalue weighted by Crippen LogP contribution is -2.06. The molecule has 0 radical (unpaired) electrons. The molecule has 57 heavy (non-hydrogen) atoms. The molecule has 0 amide bonds. The smallest absolute Gasteiger partial charge is 0.0705 e. The molecule has 0 spiro atoms. The lowest BCUT2D eigenvalue weighted by molar-refractivity contribution is 1.17. The number of aryl methyl sites for hydroxylation is 1. The summed E-state index contributed by atoms with van der Waals surface area (Å²) in [6.07, 6.45) is 9.73. The third-order valence-electron chi connectivity index (χ3n) is 10.0. The van der Waals surface area contributed by atoms with Crippen LogP contribution in [0.2, 0.25) is 0 Å². The number of hydrogen-bond acceptors (Lipinski definition) is 3. The van der Waals surface area contributed by atoms with Gasteiger partial charge in [0.25, 0.3) is 0 Å². The first-order valence-electron chi connectivity index (χ1n) is 19.1. The molecule has 4 nitrogen and oxygen atoms in total. The predicted octanol–water partition coefficient (Wildman–Crippen LogP) is 14.0. The quantitative estimate of drug-likeness (QED) is 0.0743. The van der Waals surface area contributed by atoms with Gasteiger partial charge in [0.15, 0.2) is 0 Å². The molecule has 0 bridgehead atoms. The summed E-state index contributed by atoms with van der Waals surface area (Å²) in [5.41, 5.74) is 21.0. The SMILES string of the molecule is C=C/C=C\C(=C/C)c1cc(C(=N)c2ccccc2N)cc(-c2ccccc2)c1.C=Cc1c(Nc2ccccc2)ccc2c3ccccc3n(-c3cccc(C)c3)c12. The van der Waals surface area contributed by atoms with Gasteiger partial charge in [0.05, 0.1) is 16.7 Å². The summed E-state index contributed by atoms with van der Waals surface area (Å²) in [5, 5.41) is 14.8. The highest BCUT2D eigenvalue weighted by atomic mass is 15.0. The van der Waals surface area contributed by atoms with Crippen molar-refractivity contribution in [1.82, 2.24) is 4.57 Å². The van der Waals surface area contributed by atoms with Crippen molar-refractivity contribution in [3.8, 4) is 16.8 Å². The molecule has 0 saturated heterocycles. The highest BCUT2D eigenvalue weighted by Crippen LogP contribution is 2.38. The first-order valence-corrected chi connectivity index (χ1v) is 19.1. The van der Waals surface area contributed by atoms with E-state index in [9.17, 15) is 0 Å². The second-order valence-corrected chi connectivity index (χ2v) is 13.8. The number of nitrogen functional groups attached to an aromatic ring is 1. The van der Waals surface area contributed by atoms with E-state index in [0.717, 1.165) is 56.0 Å². The van der Waals surface area contributed by atoms with Gasteiger partial charge in [-0.3, -0.25) is 5.41 Å². The van der Waals surface area contributed by atoms with Crippen LogP contribution < -0.4 is 11.1 Å². The lowest BCUT2D eigenvalue weighted by Gasteiger charge is -2.14. The highest BCUT2D eigenvalue weighted by molar-refractivity contribution is 6.15. The zero-order valence-corrected chi connectivity index (χ0v) is 32.4. The van der Waals surface area contributed by atoms with Crippen LogP contribution >= 0.6 is 0 Å². The monoisotopic (exact) mass is 738 g/mol. The van der Waals surface area contributed by atoms with E-state index in [4.69, 9.17) is 11.1 Å². The minimum absolute atomic E-state index is 0.417. The summed E-state index contributed by atoms with van der Waals surface area (Å²) >= 11 is 0. The molecule has 8 rings (SSSR count). The summed E-state index contributed by atoms with van der Waals surface area (Å²) in [6, 6.07) is 55.8. The fraction of sp³-hybridized carbons (Fsp3) is 0.0377. The number of para-hydroxylation sites is 3. The fourth-order valence-electron chi connectivity index (χ4n) is 7.26. The van der Waals surface area contributed by atoms with Gasteiger partial charge in [-0.15, -0.1) is 0 Å². The van der Waals surface area contributed by atoms with Crippen molar-refractivity contribution in [2.45, 2.75) is 13.8 Å². The minimum atomic E-state index is 0.417. The second kappa shape index (κ2) is 17.4. The molecular formula is C53H46N4. The van der Waals surface area contributed by atoms with Crippen molar-refractivity contribution >= 4 is 56.2 Å². The maximum Gasteiger partial charge on any atom is 0.0705 e. The van der Waals surface area contributed by atoms with E-state index in [0.29, 0.717) is 11.4 Å². The standard InChI is InChI=1S/C27H22N2.C26H24N2/c1-3-22-25(28-20-11-5-4-6-12-20)17-16-24-23-14-7-8-15-26(23)29(27(22)24)21-13-9-10-19(2)18-21;1-3-5-11-19(4-2)21-16-22(20-12-7-6-8-13-20)18-23(17-21)26(28)24-14-9-10-15-25(24)27/h3-18,28H,1H2,2H3;3-18,28H,1,27H2,2H3/b;11-5-,19-4+,28-26?. The Hall–Kier alpha value is -7.43. The second-order valence-electron chi connectivity index (χ2n) is 13.8. The van der Waals surface area contributed by atoms with E-state index in [1.807, 2.05) is 91.9 Å². The van der Waals surface area contributed by atoms with Gasteiger partial charge < -0.3 is 15.6 Å². The number of nitrogens with two attached hydrogens (primary N) is 1. The molecule has 278 valence electrons. The van der Waals surface area contributed by atoms with Crippen molar-refractivity contribution < 1.29 is 0 Å². The number of allylic oxidation sites excluding steroid dienone is 5. The minimum Gasteiger partial charge on any atom is -0.398 e. The Morgan fingerprint density at radius 2 is 1.39 bits per heavy atom. The van der Waals surface area contributed by atoms with Gasteiger partial charge in [0.1, 0.15) is 0 Å². The van der Waals surface area contributed by atoms with Crippen molar-refractivity contribution in [3.63, 3.8) is 0 Å². The Morgan fingerprint density at radius 1 is 0.684 bits per heavy atom. The van der Waals surface area contributed by atoms with Crippen molar-refractivity contribution in [3.05, 3.63) is 229 Å². The Balaban J connectivity index is 0.000000174. The normalized spacial score (nSPS) is 11.3. The molecule has 7 aromatic carbocycles. The molecular weight excluding hydrogens is 693 g/mol. The van der Waals surface area contributed by atoms with E-state index in [-0.39, 0.29) is 0 Å². The topological polar surface area (TPSA) is 66.8 Å². The largest absolute Gasteiger partial charge is 0.398 e. The van der Waals surface area contributed by atoms with Crippen molar-refractivity contribution in [1.29, 1.82) is 5.41 Å². The third-order valence-corrected chi connectivity index (χ3v) is 10.0. The van der Waals surface area contributed by atoms with Gasteiger partial charge in [0, 0.05) is 50.2 Å². The molecule has 1 aromatic heterocycles. The van der Waals surface area contributed by atoms with Gasteiger partial charge >= 0.3 is 0 Å². The van der Waals surface area contributed by atoms with Gasteiger partial charge in [-0.1, -0.05) is 147 Å². The Labute approximate surface area is 335 Å². The maximum absolute atomic E-state index is 8.77. The number of anilines is 3. The zero-order chi connectivity index (χ0) is 39.7. The average molecular weight is 739 g/mol. The number of nitrogens with one attached hydrogen (secondary N) is 2. The molecule has 0 saturated carbocycles. The van der Waals surface area contributed by atoms with Crippen LogP contribution in [0.25, 0.3) is 50.3 Å². The molecule has 8 aromatic rings. The van der Waals surface area contributed by atoms with Crippen LogP contribution in [0.1, 0.15) is 34.7 Å². The summed E-state index contributed by atoms with van der Waals surface area (Å²) < 4.78 is 2.35. The number of fused-ring (bicyclic) bond motifs is 3. The van der Waals surface area contributed by atoms with Gasteiger partial charge in [-0.25, -0.2) is 0 Å². The van der Waals surface area contributed by atoms with Gasteiger partial charge in [-0.2, -0.15) is 0 Å². The van der Waals surface area contributed by atoms with Crippen LogP contribution in [0.4, 0.5) is 17.1 Å². The molecule has 0 fully saturated rings. The fourth-order valence-corrected chi connectivity index (χ4v) is 7.26. The number of aromatic nitrogens is 1. The lowest BCUT2D eigenvalue weighted by atomic mass is 9.92. The average Bonchev–Trinajstić information content (AvgIpc) is 3.59. The Morgan fingerprint density at radius 3 is 2.11 bits per heavy atom. The molecule has 0 aliphatic heterocycles. The van der Waals surface area contributed by atoms with E-state index in [1.54, 1.807) is 6.08 Å². The van der Waals surface area contributed by atoms with E-state index < -0.39 is 0 Å². The Bertz CT molecular complexity index is 2780. The predicted molar refractivity (Wildman–Crippen MR) is 247 cm³/mol. The maximum atomic E-state index is 8.77. The highest BCUT2D eigenvalue weighted by Gasteiger charge is 2.17. The number of nitrogens with zero attached hydrogens (tertiary/aromatic N) is 1. The summed E-state index contributed by atoms with van der Waals surface area (Å²) in [6.45, 7) is 12.1. The van der Waals surface area contributed by atoms with Crippen LogP contribution in [0.5, 0.6) is 0 Å². The van der Waals surface area contributed by atoms with Crippen LogP contribution in [0, 0.1) is 12.3 Å². The molecule has 0 atom stereocenters. The van der Waals surface area contributed by atoms with E-state index in [2.05, 4.69) is 133 Å². The molecule has 0 aliphatic rings. The molecule has 0 unspecified atom stereocenters. The van der Waals surface area contributed by atoms with E-state index in [1.165, 1.54) is 27.4 Å².